The highest BCUT2D eigenvalue weighted by atomic mass is 16.4. The molecule has 1 aromatic heterocycles. The van der Waals surface area contributed by atoms with E-state index in [9.17, 15) is 29.4 Å². The van der Waals surface area contributed by atoms with Gasteiger partial charge in [-0.3, -0.25) is 14.4 Å². The fraction of sp³-hybridized carbons (Fsp3) is 0.357. The molecule has 11 heteroatoms. The van der Waals surface area contributed by atoms with Crippen molar-refractivity contribution in [1.82, 2.24) is 20.9 Å². The highest BCUT2D eigenvalue weighted by Crippen LogP contribution is 2.19. The Labute approximate surface area is 226 Å². The average Bonchev–Trinajstić information content (AvgIpc) is 3.33. The number of aliphatic carboxylic acids is 1. The minimum Gasteiger partial charge on any atom is -0.508 e. The van der Waals surface area contributed by atoms with Crippen LogP contribution in [-0.4, -0.2) is 63.6 Å². The summed E-state index contributed by atoms with van der Waals surface area (Å²) in [6.45, 7) is 3.05. The predicted octanol–water partition coefficient (Wildman–Crippen LogP) is 1.20. The molecule has 4 atom stereocenters. The molecule has 3 amide bonds. The lowest BCUT2D eigenvalue weighted by molar-refractivity contribution is -0.143. The second-order valence-electron chi connectivity index (χ2n) is 9.59. The molecule has 3 rings (SSSR count). The zero-order valence-electron chi connectivity index (χ0n) is 21.9. The Hall–Kier alpha value is -4.38. The molecule has 2 aromatic carbocycles. The molecule has 1 heterocycles. The van der Waals surface area contributed by atoms with Gasteiger partial charge < -0.3 is 36.9 Å². The summed E-state index contributed by atoms with van der Waals surface area (Å²) in [4.78, 5) is 53.1. The smallest absolute Gasteiger partial charge is 0.326 e. The van der Waals surface area contributed by atoms with Gasteiger partial charge in [0.15, 0.2) is 0 Å². The molecule has 0 bridgehead atoms. The van der Waals surface area contributed by atoms with Gasteiger partial charge in [0.05, 0.1) is 12.6 Å². The van der Waals surface area contributed by atoms with Crippen LogP contribution in [0.2, 0.25) is 0 Å². The van der Waals surface area contributed by atoms with Crippen LogP contribution in [-0.2, 0) is 32.0 Å². The second kappa shape index (κ2) is 13.4. The Morgan fingerprint density at radius 3 is 2.33 bits per heavy atom. The van der Waals surface area contributed by atoms with Crippen molar-refractivity contribution < 1.29 is 29.4 Å². The lowest BCUT2D eigenvalue weighted by Gasteiger charge is -2.22. The summed E-state index contributed by atoms with van der Waals surface area (Å²) in [7, 11) is 0. The number of para-hydroxylation sites is 1. The van der Waals surface area contributed by atoms with Crippen LogP contribution in [0.15, 0.2) is 54.7 Å². The van der Waals surface area contributed by atoms with E-state index >= 15 is 0 Å². The zero-order valence-corrected chi connectivity index (χ0v) is 21.9. The third-order valence-corrected chi connectivity index (χ3v) is 6.68. The summed E-state index contributed by atoms with van der Waals surface area (Å²) in [6, 6.07) is 10.7. The van der Waals surface area contributed by atoms with Crippen molar-refractivity contribution in [2.45, 2.75) is 51.2 Å². The number of aromatic nitrogens is 1. The number of carbonyl (C=O) groups excluding carboxylic acids is 3. The van der Waals surface area contributed by atoms with Crippen molar-refractivity contribution in [2.24, 2.45) is 11.7 Å². The number of rotatable bonds is 13. The van der Waals surface area contributed by atoms with E-state index in [1.54, 1.807) is 25.3 Å². The van der Waals surface area contributed by atoms with Crippen molar-refractivity contribution >= 4 is 34.6 Å². The molecule has 11 nitrogen and oxygen atoms in total. The standard InChI is InChI=1S/C28H35N5O6/c1-3-16(2)25(28(38)39)33-24(35)15-31-27(37)23(12-17-8-10-19(34)11-9-17)32-26(36)21(29)13-18-14-30-22-7-5-4-6-20(18)22/h4-11,14,16,21,23,25,30,34H,3,12-13,15,29H2,1-2H3,(H,31,37)(H,32,36)(H,33,35)(H,38,39). The lowest BCUT2D eigenvalue weighted by Crippen LogP contribution is -2.55. The molecule has 0 spiro atoms. The van der Waals surface area contributed by atoms with E-state index in [1.807, 2.05) is 31.2 Å². The van der Waals surface area contributed by atoms with Gasteiger partial charge in [-0.15, -0.1) is 0 Å². The molecular weight excluding hydrogens is 502 g/mol. The van der Waals surface area contributed by atoms with E-state index in [2.05, 4.69) is 20.9 Å². The van der Waals surface area contributed by atoms with Crippen molar-refractivity contribution in [3.63, 3.8) is 0 Å². The third kappa shape index (κ3) is 8.05. The van der Waals surface area contributed by atoms with Crippen molar-refractivity contribution in [2.75, 3.05) is 6.54 Å². The molecule has 0 saturated carbocycles. The van der Waals surface area contributed by atoms with Crippen LogP contribution in [0, 0.1) is 5.92 Å². The topological polar surface area (TPSA) is 187 Å². The van der Waals surface area contributed by atoms with Crippen molar-refractivity contribution in [3.8, 4) is 5.75 Å². The van der Waals surface area contributed by atoms with Crippen molar-refractivity contribution in [3.05, 3.63) is 65.9 Å². The summed E-state index contributed by atoms with van der Waals surface area (Å²) in [6.07, 6.45) is 2.64. The second-order valence-corrected chi connectivity index (χ2v) is 9.59. The maximum absolute atomic E-state index is 13.1. The Balaban J connectivity index is 1.67. The number of carboxylic acids is 1. The Kier molecular flexibility index (Phi) is 10.0. The van der Waals surface area contributed by atoms with E-state index in [0.29, 0.717) is 12.0 Å². The fourth-order valence-corrected chi connectivity index (χ4v) is 4.18. The van der Waals surface area contributed by atoms with Gasteiger partial charge in [-0.2, -0.15) is 0 Å². The monoisotopic (exact) mass is 537 g/mol. The molecule has 8 N–H and O–H groups in total. The van der Waals surface area contributed by atoms with Gasteiger partial charge in [0, 0.05) is 23.5 Å². The predicted molar refractivity (Wildman–Crippen MR) is 146 cm³/mol. The van der Waals surface area contributed by atoms with Crippen LogP contribution in [0.5, 0.6) is 5.75 Å². The number of fused-ring (bicyclic) bond motifs is 1. The molecule has 39 heavy (non-hydrogen) atoms. The van der Waals surface area contributed by atoms with Gasteiger partial charge in [-0.25, -0.2) is 4.79 Å². The molecule has 3 aromatic rings. The molecule has 208 valence electrons. The number of hydrogen-bond donors (Lipinski definition) is 7. The molecule has 0 fully saturated rings. The highest BCUT2D eigenvalue weighted by molar-refractivity contribution is 5.93. The van der Waals surface area contributed by atoms with Gasteiger partial charge in [0.2, 0.25) is 17.7 Å². The molecular formula is C28H35N5O6. The molecule has 4 unspecified atom stereocenters. The van der Waals surface area contributed by atoms with Crippen LogP contribution >= 0.6 is 0 Å². The first-order chi connectivity index (χ1) is 18.6. The first-order valence-electron chi connectivity index (χ1n) is 12.8. The number of phenols is 1. The number of benzene rings is 2. The Morgan fingerprint density at radius 2 is 1.67 bits per heavy atom. The first kappa shape index (κ1) is 29.2. The number of hydrogen-bond acceptors (Lipinski definition) is 6. The van der Waals surface area contributed by atoms with Gasteiger partial charge >= 0.3 is 5.97 Å². The SMILES string of the molecule is CCC(C)C(NC(=O)CNC(=O)C(Cc1ccc(O)cc1)NC(=O)C(N)Cc1c[nH]c2ccccc12)C(=O)O. The number of aromatic hydroxyl groups is 1. The minimum atomic E-state index is -1.16. The van der Waals surface area contributed by atoms with Gasteiger partial charge in [0.25, 0.3) is 0 Å². The number of carbonyl (C=O) groups is 4. The first-order valence-corrected chi connectivity index (χ1v) is 12.8. The number of H-pyrrole nitrogens is 1. The third-order valence-electron chi connectivity index (χ3n) is 6.68. The molecule has 0 radical (unpaired) electrons. The van der Waals surface area contributed by atoms with E-state index in [4.69, 9.17) is 5.73 Å². The number of phenolic OH excluding ortho intramolecular Hbond substituents is 1. The lowest BCUT2D eigenvalue weighted by atomic mass is 9.99. The van der Waals surface area contributed by atoms with Crippen LogP contribution in [0.25, 0.3) is 10.9 Å². The Morgan fingerprint density at radius 1 is 0.974 bits per heavy atom. The molecule has 0 aliphatic rings. The van der Waals surface area contributed by atoms with Crippen LogP contribution in [0.4, 0.5) is 0 Å². The summed E-state index contributed by atoms with van der Waals surface area (Å²) >= 11 is 0. The van der Waals surface area contributed by atoms with Gasteiger partial charge in [-0.05, 0) is 41.7 Å². The van der Waals surface area contributed by atoms with Crippen molar-refractivity contribution in [1.29, 1.82) is 0 Å². The summed E-state index contributed by atoms with van der Waals surface area (Å²) in [5.74, 6) is -3.27. The van der Waals surface area contributed by atoms with Gasteiger partial charge in [-0.1, -0.05) is 50.6 Å². The number of nitrogens with two attached hydrogens (primary N) is 1. The number of nitrogens with one attached hydrogen (secondary N) is 4. The zero-order chi connectivity index (χ0) is 28.5. The van der Waals surface area contributed by atoms with E-state index in [-0.39, 0.29) is 24.5 Å². The molecule has 0 aliphatic carbocycles. The van der Waals surface area contributed by atoms with E-state index < -0.39 is 48.4 Å². The summed E-state index contributed by atoms with van der Waals surface area (Å²) in [5, 5.41) is 27.5. The molecule has 0 aliphatic heterocycles. The normalized spacial score (nSPS) is 14.1. The number of amides is 3. The maximum atomic E-state index is 13.1. The van der Waals surface area contributed by atoms with Gasteiger partial charge in [0.1, 0.15) is 17.8 Å². The number of carboxylic acid groups (broad SMARTS) is 1. The fourth-order valence-electron chi connectivity index (χ4n) is 4.18. The highest BCUT2D eigenvalue weighted by Gasteiger charge is 2.27. The van der Waals surface area contributed by atoms with Crippen LogP contribution in [0.3, 0.4) is 0 Å². The number of aromatic amines is 1. The van der Waals surface area contributed by atoms with E-state index in [0.717, 1.165) is 16.5 Å². The summed E-state index contributed by atoms with van der Waals surface area (Å²) in [5.41, 5.74) is 8.63. The molecule has 0 saturated heterocycles. The quantitative estimate of drug-likeness (QED) is 0.171. The minimum absolute atomic E-state index is 0.0514. The average molecular weight is 538 g/mol. The largest absolute Gasteiger partial charge is 0.508 e. The van der Waals surface area contributed by atoms with Crippen LogP contribution in [0.1, 0.15) is 31.4 Å². The van der Waals surface area contributed by atoms with E-state index in [1.165, 1.54) is 12.1 Å². The Bertz CT molecular complexity index is 1310. The van der Waals surface area contributed by atoms with Crippen LogP contribution < -0.4 is 21.7 Å². The summed E-state index contributed by atoms with van der Waals surface area (Å²) < 4.78 is 0. The maximum Gasteiger partial charge on any atom is 0.326 e.